The highest BCUT2D eigenvalue weighted by Gasteiger charge is 2.27. The summed E-state index contributed by atoms with van der Waals surface area (Å²) >= 11 is 7.34. The van der Waals surface area contributed by atoms with E-state index in [4.69, 9.17) is 16.7 Å². The van der Waals surface area contributed by atoms with Crippen molar-refractivity contribution in [3.63, 3.8) is 0 Å². The molecule has 1 saturated heterocycles. The van der Waals surface area contributed by atoms with Crippen LogP contribution in [0.1, 0.15) is 17.7 Å². The summed E-state index contributed by atoms with van der Waals surface area (Å²) in [7, 11) is 0. The Labute approximate surface area is 126 Å². The number of carbonyl (C=O) groups excluding carboxylic acids is 1. The van der Waals surface area contributed by atoms with E-state index < -0.39 is 11.9 Å². The minimum atomic E-state index is -0.823. The molecular weight excluding hydrogens is 300 g/mol. The molecule has 0 radical (unpaired) electrons. The summed E-state index contributed by atoms with van der Waals surface area (Å²) in [6, 6.07) is 3.60. The zero-order chi connectivity index (χ0) is 14.5. The molecule has 0 bridgehead atoms. The first-order valence-corrected chi connectivity index (χ1v) is 7.75. The van der Waals surface area contributed by atoms with Crippen molar-refractivity contribution in [2.75, 3.05) is 19.6 Å². The molecule has 2 N–H and O–H groups in total. The van der Waals surface area contributed by atoms with Crippen LogP contribution in [0.2, 0.25) is 4.34 Å². The zero-order valence-electron chi connectivity index (χ0n) is 11.0. The number of rotatable bonds is 4. The Morgan fingerprint density at radius 2 is 2.30 bits per heavy atom. The van der Waals surface area contributed by atoms with Gasteiger partial charge in [0.15, 0.2) is 0 Å². The number of piperidine rings is 1. The lowest BCUT2D eigenvalue weighted by atomic mass is 9.99. The van der Waals surface area contributed by atoms with Crippen molar-refractivity contribution in [3.8, 4) is 0 Å². The SMILES string of the molecule is O=C(O)[C@H]1CCCN(C(=O)NCCc2ccc(Cl)s2)C1. The van der Waals surface area contributed by atoms with Crippen LogP contribution in [0.5, 0.6) is 0 Å². The Balaban J connectivity index is 1.75. The third kappa shape index (κ3) is 4.11. The van der Waals surface area contributed by atoms with Gasteiger partial charge in [-0.15, -0.1) is 11.3 Å². The highest BCUT2D eigenvalue weighted by Crippen LogP contribution is 2.21. The monoisotopic (exact) mass is 316 g/mol. The molecule has 0 aromatic carbocycles. The Bertz CT molecular complexity index is 492. The minimum Gasteiger partial charge on any atom is -0.481 e. The molecule has 20 heavy (non-hydrogen) atoms. The van der Waals surface area contributed by atoms with Gasteiger partial charge in [-0.3, -0.25) is 4.79 Å². The van der Waals surface area contributed by atoms with Crippen LogP contribution in [0, 0.1) is 5.92 Å². The van der Waals surface area contributed by atoms with E-state index in [9.17, 15) is 9.59 Å². The van der Waals surface area contributed by atoms with Crippen LogP contribution in [0.25, 0.3) is 0 Å². The van der Waals surface area contributed by atoms with E-state index in [0.717, 1.165) is 22.1 Å². The number of urea groups is 1. The van der Waals surface area contributed by atoms with Crippen molar-refractivity contribution in [2.24, 2.45) is 5.92 Å². The molecule has 1 aromatic heterocycles. The largest absolute Gasteiger partial charge is 0.481 e. The van der Waals surface area contributed by atoms with Crippen LogP contribution in [-0.4, -0.2) is 41.6 Å². The Morgan fingerprint density at radius 3 is 2.95 bits per heavy atom. The van der Waals surface area contributed by atoms with Crippen LogP contribution in [-0.2, 0) is 11.2 Å². The number of carbonyl (C=O) groups is 2. The van der Waals surface area contributed by atoms with Gasteiger partial charge in [0.25, 0.3) is 0 Å². The maximum absolute atomic E-state index is 12.0. The van der Waals surface area contributed by atoms with Gasteiger partial charge in [0, 0.05) is 24.5 Å². The molecule has 0 unspecified atom stereocenters. The van der Waals surface area contributed by atoms with Gasteiger partial charge in [0.2, 0.25) is 0 Å². The Morgan fingerprint density at radius 1 is 1.50 bits per heavy atom. The fourth-order valence-corrected chi connectivity index (χ4v) is 3.34. The number of hydrogen-bond donors (Lipinski definition) is 2. The second kappa shape index (κ2) is 6.95. The number of carboxylic acids is 1. The molecule has 0 aliphatic carbocycles. The number of likely N-dealkylation sites (tertiary alicyclic amines) is 1. The predicted molar refractivity (Wildman–Crippen MR) is 78.4 cm³/mol. The molecule has 0 saturated carbocycles. The molecule has 1 aliphatic rings. The summed E-state index contributed by atoms with van der Waals surface area (Å²) in [4.78, 5) is 25.6. The van der Waals surface area contributed by atoms with Crippen molar-refractivity contribution < 1.29 is 14.7 Å². The van der Waals surface area contributed by atoms with Crippen molar-refractivity contribution in [1.82, 2.24) is 10.2 Å². The number of nitrogens with zero attached hydrogens (tertiary/aromatic N) is 1. The van der Waals surface area contributed by atoms with Gasteiger partial charge in [-0.25, -0.2) is 4.79 Å². The molecule has 1 aromatic rings. The van der Waals surface area contributed by atoms with E-state index >= 15 is 0 Å². The smallest absolute Gasteiger partial charge is 0.317 e. The highest BCUT2D eigenvalue weighted by molar-refractivity contribution is 7.16. The number of carboxylic acid groups (broad SMARTS) is 1. The quantitative estimate of drug-likeness (QED) is 0.896. The molecule has 7 heteroatoms. The van der Waals surface area contributed by atoms with Crippen LogP contribution in [0.3, 0.4) is 0 Å². The van der Waals surface area contributed by atoms with Gasteiger partial charge in [0.1, 0.15) is 0 Å². The molecule has 1 aliphatic heterocycles. The van der Waals surface area contributed by atoms with Gasteiger partial charge in [0.05, 0.1) is 10.3 Å². The lowest BCUT2D eigenvalue weighted by Gasteiger charge is -2.30. The van der Waals surface area contributed by atoms with Gasteiger partial charge in [-0.05, 0) is 31.4 Å². The van der Waals surface area contributed by atoms with Crippen molar-refractivity contribution in [3.05, 3.63) is 21.3 Å². The van der Waals surface area contributed by atoms with E-state index in [0.29, 0.717) is 26.1 Å². The van der Waals surface area contributed by atoms with Crippen LogP contribution in [0.4, 0.5) is 4.79 Å². The zero-order valence-corrected chi connectivity index (χ0v) is 12.5. The standard InChI is InChI=1S/C13H17ClN2O3S/c14-11-4-3-10(20-11)5-6-15-13(19)16-7-1-2-9(8-16)12(17)18/h3-4,9H,1-2,5-8H2,(H,15,19)(H,17,18)/t9-/m0/s1. The molecule has 1 fully saturated rings. The summed E-state index contributed by atoms with van der Waals surface area (Å²) in [6.07, 6.45) is 2.12. The number of nitrogens with one attached hydrogen (secondary N) is 1. The second-order valence-corrected chi connectivity index (χ2v) is 6.61. The number of amides is 2. The average molecular weight is 317 g/mol. The van der Waals surface area contributed by atoms with E-state index in [2.05, 4.69) is 5.32 Å². The maximum atomic E-state index is 12.0. The maximum Gasteiger partial charge on any atom is 0.317 e. The van der Waals surface area contributed by atoms with E-state index in [1.165, 1.54) is 11.3 Å². The lowest BCUT2D eigenvalue weighted by Crippen LogP contribution is -2.47. The molecule has 110 valence electrons. The summed E-state index contributed by atoms with van der Waals surface area (Å²) in [6.45, 7) is 1.45. The Hall–Kier alpha value is -1.27. The van der Waals surface area contributed by atoms with Crippen LogP contribution < -0.4 is 5.32 Å². The molecule has 2 heterocycles. The molecule has 5 nitrogen and oxygen atoms in total. The molecule has 2 amide bonds. The van der Waals surface area contributed by atoms with E-state index in [1.54, 1.807) is 4.90 Å². The number of halogens is 1. The third-order valence-electron chi connectivity index (χ3n) is 3.33. The van der Waals surface area contributed by atoms with Crippen LogP contribution >= 0.6 is 22.9 Å². The second-order valence-electron chi connectivity index (χ2n) is 4.81. The molecule has 0 spiro atoms. The fourth-order valence-electron chi connectivity index (χ4n) is 2.25. The van der Waals surface area contributed by atoms with Gasteiger partial charge >= 0.3 is 12.0 Å². The third-order valence-corrected chi connectivity index (χ3v) is 4.63. The number of thiophene rings is 1. The predicted octanol–water partition coefficient (Wildman–Crippen LogP) is 2.45. The highest BCUT2D eigenvalue weighted by atomic mass is 35.5. The van der Waals surface area contributed by atoms with Gasteiger partial charge in [-0.2, -0.15) is 0 Å². The minimum absolute atomic E-state index is 0.182. The van der Waals surface area contributed by atoms with Crippen molar-refractivity contribution in [2.45, 2.75) is 19.3 Å². The summed E-state index contributed by atoms with van der Waals surface area (Å²) < 4.78 is 0.742. The van der Waals surface area contributed by atoms with Gasteiger partial charge < -0.3 is 15.3 Å². The van der Waals surface area contributed by atoms with Gasteiger partial charge in [-0.1, -0.05) is 11.6 Å². The fraction of sp³-hybridized carbons (Fsp3) is 0.538. The first kappa shape index (κ1) is 15.1. The van der Waals surface area contributed by atoms with Crippen molar-refractivity contribution in [1.29, 1.82) is 0 Å². The first-order chi connectivity index (χ1) is 9.56. The summed E-state index contributed by atoms with van der Waals surface area (Å²) in [5, 5.41) is 11.8. The van der Waals surface area contributed by atoms with Crippen LogP contribution in [0.15, 0.2) is 12.1 Å². The number of hydrogen-bond acceptors (Lipinski definition) is 3. The topological polar surface area (TPSA) is 69.6 Å². The molecule has 1 atom stereocenters. The lowest BCUT2D eigenvalue weighted by molar-refractivity contribution is -0.143. The summed E-state index contributed by atoms with van der Waals surface area (Å²) in [5.41, 5.74) is 0. The average Bonchev–Trinajstić information content (AvgIpc) is 2.84. The Kier molecular flexibility index (Phi) is 5.25. The van der Waals surface area contributed by atoms with Crippen molar-refractivity contribution >= 4 is 34.9 Å². The normalized spacial score (nSPS) is 18.9. The summed E-state index contributed by atoms with van der Waals surface area (Å²) in [5.74, 6) is -1.26. The van der Waals surface area contributed by atoms with E-state index in [-0.39, 0.29) is 6.03 Å². The molecular formula is C13H17ClN2O3S. The van der Waals surface area contributed by atoms with E-state index in [1.807, 2.05) is 12.1 Å². The first-order valence-electron chi connectivity index (χ1n) is 6.56. The number of aliphatic carboxylic acids is 1. The molecule has 2 rings (SSSR count).